The lowest BCUT2D eigenvalue weighted by Gasteiger charge is -2.14. The van der Waals surface area contributed by atoms with Gasteiger partial charge in [0.15, 0.2) is 0 Å². The monoisotopic (exact) mass is 252 g/mol. The van der Waals surface area contributed by atoms with Crippen molar-refractivity contribution in [3.8, 4) is 17.6 Å². The molecule has 1 fully saturated rings. The lowest BCUT2D eigenvalue weighted by Crippen LogP contribution is -2.11. The van der Waals surface area contributed by atoms with E-state index in [1.54, 1.807) is 6.07 Å². The van der Waals surface area contributed by atoms with Crippen molar-refractivity contribution >= 4 is 11.6 Å². The average Bonchev–Trinajstić information content (AvgIpc) is 2.82. The Morgan fingerprint density at radius 3 is 2.82 bits per heavy atom. The maximum Gasteiger partial charge on any atom is 0.135 e. The molecule has 0 aliphatic heterocycles. The van der Waals surface area contributed by atoms with Crippen molar-refractivity contribution in [2.75, 3.05) is 5.88 Å². The molecule has 90 valence electrons. The van der Waals surface area contributed by atoms with E-state index in [2.05, 4.69) is 11.8 Å². The standard InChI is InChI=1S/C14H14ClFO/c15-9-3-4-11-10-12(16)7-8-14(11)17-13-5-1-2-6-13/h7-8,10,13H,1-2,5-6,9H2. The van der Waals surface area contributed by atoms with Crippen LogP contribution in [-0.4, -0.2) is 12.0 Å². The molecule has 17 heavy (non-hydrogen) atoms. The largest absolute Gasteiger partial charge is 0.489 e. The predicted molar refractivity (Wildman–Crippen MR) is 66.9 cm³/mol. The second kappa shape index (κ2) is 5.93. The summed E-state index contributed by atoms with van der Waals surface area (Å²) in [4.78, 5) is 0. The van der Waals surface area contributed by atoms with Crippen molar-refractivity contribution < 1.29 is 9.13 Å². The third-order valence-corrected chi connectivity index (χ3v) is 2.96. The fourth-order valence-corrected chi connectivity index (χ4v) is 2.08. The van der Waals surface area contributed by atoms with E-state index < -0.39 is 0 Å². The average molecular weight is 253 g/mol. The molecule has 0 amide bonds. The second-order valence-electron chi connectivity index (χ2n) is 4.10. The molecule has 0 unspecified atom stereocenters. The molecular formula is C14H14ClFO. The van der Waals surface area contributed by atoms with Crippen LogP contribution in [0.5, 0.6) is 5.75 Å². The summed E-state index contributed by atoms with van der Waals surface area (Å²) in [6, 6.07) is 4.44. The quantitative estimate of drug-likeness (QED) is 0.576. The minimum Gasteiger partial charge on any atom is -0.489 e. The Morgan fingerprint density at radius 1 is 1.35 bits per heavy atom. The van der Waals surface area contributed by atoms with Gasteiger partial charge in [0, 0.05) is 0 Å². The normalized spacial score (nSPS) is 15.4. The maximum absolute atomic E-state index is 13.1. The fourth-order valence-electron chi connectivity index (χ4n) is 2.02. The van der Waals surface area contributed by atoms with Crippen LogP contribution in [-0.2, 0) is 0 Å². The van der Waals surface area contributed by atoms with E-state index in [4.69, 9.17) is 16.3 Å². The summed E-state index contributed by atoms with van der Waals surface area (Å²) in [6.45, 7) is 0. The summed E-state index contributed by atoms with van der Waals surface area (Å²) in [5.74, 6) is 6.15. The van der Waals surface area contributed by atoms with Crippen LogP contribution in [0.1, 0.15) is 31.2 Å². The molecule has 3 heteroatoms. The molecule has 0 heterocycles. The van der Waals surface area contributed by atoms with Gasteiger partial charge < -0.3 is 4.74 Å². The number of rotatable bonds is 2. The summed E-state index contributed by atoms with van der Waals surface area (Å²) >= 11 is 5.51. The zero-order valence-electron chi connectivity index (χ0n) is 9.51. The third-order valence-electron chi connectivity index (χ3n) is 2.83. The molecule has 0 bridgehead atoms. The van der Waals surface area contributed by atoms with Crippen LogP contribution < -0.4 is 4.74 Å². The first-order chi connectivity index (χ1) is 8.29. The van der Waals surface area contributed by atoms with E-state index in [1.807, 2.05) is 0 Å². The van der Waals surface area contributed by atoms with Crippen LogP contribution in [0.25, 0.3) is 0 Å². The van der Waals surface area contributed by atoms with Gasteiger partial charge in [-0.3, -0.25) is 0 Å². The number of halogens is 2. The Kier molecular flexibility index (Phi) is 4.28. The molecule has 1 aliphatic rings. The number of hydrogen-bond acceptors (Lipinski definition) is 1. The highest BCUT2D eigenvalue weighted by Gasteiger charge is 2.17. The van der Waals surface area contributed by atoms with Crippen LogP contribution in [0.2, 0.25) is 0 Å². The second-order valence-corrected chi connectivity index (χ2v) is 4.37. The number of ether oxygens (including phenoxy) is 1. The SMILES string of the molecule is Fc1ccc(OC2CCCC2)c(C#CCCl)c1. The molecule has 0 spiro atoms. The van der Waals surface area contributed by atoms with E-state index in [0.29, 0.717) is 11.3 Å². The van der Waals surface area contributed by atoms with Crippen molar-refractivity contribution in [2.24, 2.45) is 0 Å². The Morgan fingerprint density at radius 2 is 2.12 bits per heavy atom. The minimum absolute atomic E-state index is 0.235. The summed E-state index contributed by atoms with van der Waals surface area (Å²) in [5.41, 5.74) is 0.581. The van der Waals surface area contributed by atoms with Crippen LogP contribution in [0, 0.1) is 17.7 Å². The molecule has 0 N–H and O–H groups in total. The van der Waals surface area contributed by atoms with Gasteiger partial charge in [-0.2, -0.15) is 0 Å². The highest BCUT2D eigenvalue weighted by atomic mass is 35.5. The first-order valence-electron chi connectivity index (χ1n) is 5.80. The van der Waals surface area contributed by atoms with Gasteiger partial charge in [0.2, 0.25) is 0 Å². The third kappa shape index (κ3) is 3.38. The fraction of sp³-hybridized carbons (Fsp3) is 0.429. The van der Waals surface area contributed by atoms with E-state index in [1.165, 1.54) is 25.0 Å². The number of alkyl halides is 1. The molecule has 1 nitrogen and oxygen atoms in total. The summed E-state index contributed by atoms with van der Waals surface area (Å²) in [7, 11) is 0. The number of hydrogen-bond donors (Lipinski definition) is 0. The van der Waals surface area contributed by atoms with Crippen molar-refractivity contribution in [3.63, 3.8) is 0 Å². The molecule has 1 aromatic rings. The molecule has 0 saturated heterocycles. The first kappa shape index (κ1) is 12.3. The van der Waals surface area contributed by atoms with Crippen LogP contribution >= 0.6 is 11.6 Å². The Bertz CT molecular complexity index is 441. The van der Waals surface area contributed by atoms with Crippen molar-refractivity contribution in [1.29, 1.82) is 0 Å². The topological polar surface area (TPSA) is 9.23 Å². The van der Waals surface area contributed by atoms with E-state index in [0.717, 1.165) is 12.8 Å². The van der Waals surface area contributed by atoms with Crippen molar-refractivity contribution in [1.82, 2.24) is 0 Å². The molecule has 1 aromatic carbocycles. The molecule has 1 saturated carbocycles. The van der Waals surface area contributed by atoms with Gasteiger partial charge in [0.1, 0.15) is 11.6 Å². The summed E-state index contributed by atoms with van der Waals surface area (Å²) in [6.07, 6.45) is 4.79. The van der Waals surface area contributed by atoms with Crippen molar-refractivity contribution in [3.05, 3.63) is 29.6 Å². The Balaban J connectivity index is 2.19. The maximum atomic E-state index is 13.1. The zero-order chi connectivity index (χ0) is 12.1. The summed E-state index contributed by atoms with van der Waals surface area (Å²) < 4.78 is 19.0. The smallest absolute Gasteiger partial charge is 0.135 e. The van der Waals surface area contributed by atoms with Gasteiger partial charge in [0.05, 0.1) is 17.5 Å². The molecule has 0 atom stereocenters. The van der Waals surface area contributed by atoms with Gasteiger partial charge in [0.25, 0.3) is 0 Å². The molecular weight excluding hydrogens is 239 g/mol. The minimum atomic E-state index is -0.303. The lowest BCUT2D eigenvalue weighted by atomic mass is 10.2. The highest BCUT2D eigenvalue weighted by molar-refractivity contribution is 6.19. The van der Waals surface area contributed by atoms with Crippen molar-refractivity contribution in [2.45, 2.75) is 31.8 Å². The highest BCUT2D eigenvalue weighted by Crippen LogP contribution is 2.26. The first-order valence-corrected chi connectivity index (χ1v) is 6.34. The van der Waals surface area contributed by atoms with Gasteiger partial charge in [-0.1, -0.05) is 11.8 Å². The van der Waals surface area contributed by atoms with E-state index >= 15 is 0 Å². The molecule has 1 aliphatic carbocycles. The predicted octanol–water partition coefficient (Wildman–Crippen LogP) is 3.74. The van der Waals surface area contributed by atoms with E-state index in [-0.39, 0.29) is 17.8 Å². The Labute approximate surface area is 106 Å². The van der Waals surface area contributed by atoms with Crippen LogP contribution in [0.4, 0.5) is 4.39 Å². The van der Waals surface area contributed by atoms with Gasteiger partial charge in [-0.15, -0.1) is 11.6 Å². The summed E-state index contributed by atoms with van der Waals surface area (Å²) in [5, 5.41) is 0. The molecule has 0 radical (unpaired) electrons. The van der Waals surface area contributed by atoms with Gasteiger partial charge >= 0.3 is 0 Å². The van der Waals surface area contributed by atoms with E-state index in [9.17, 15) is 4.39 Å². The van der Waals surface area contributed by atoms with Crippen LogP contribution in [0.3, 0.4) is 0 Å². The molecule has 2 rings (SSSR count). The number of benzene rings is 1. The van der Waals surface area contributed by atoms with Gasteiger partial charge in [-0.25, -0.2) is 4.39 Å². The zero-order valence-corrected chi connectivity index (χ0v) is 10.3. The lowest BCUT2D eigenvalue weighted by molar-refractivity contribution is 0.209. The molecule has 0 aromatic heterocycles. The van der Waals surface area contributed by atoms with Crippen LogP contribution in [0.15, 0.2) is 18.2 Å². The van der Waals surface area contributed by atoms with Gasteiger partial charge in [-0.05, 0) is 43.9 Å². The Hall–Kier alpha value is -1.20.